The summed E-state index contributed by atoms with van der Waals surface area (Å²) in [7, 11) is 1.59. The number of hydrogen-bond donors (Lipinski definition) is 0. The quantitative estimate of drug-likeness (QED) is 0.301. The zero-order valence-electron chi connectivity index (χ0n) is 15.9. The van der Waals surface area contributed by atoms with Crippen molar-refractivity contribution in [2.45, 2.75) is 23.9 Å². The van der Waals surface area contributed by atoms with Gasteiger partial charge in [0.1, 0.15) is 5.75 Å². The number of ether oxygens (including phenoxy) is 1. The summed E-state index contributed by atoms with van der Waals surface area (Å²) in [6, 6.07) is 10.5. The molecule has 0 aliphatic carbocycles. The molecule has 0 fully saturated rings. The summed E-state index contributed by atoms with van der Waals surface area (Å²) in [5, 5.41) is 8.42. The minimum atomic E-state index is -1.05. The zero-order valence-corrected chi connectivity index (χ0v) is 16.7. The summed E-state index contributed by atoms with van der Waals surface area (Å²) in [5.74, 6) is -1.01. The number of carbonyl (C=O) groups is 1. The van der Waals surface area contributed by atoms with E-state index in [2.05, 4.69) is 16.8 Å². The molecule has 150 valence electrons. The average Bonchev–Trinajstić information content (AvgIpc) is 3.12. The second-order valence-electron chi connectivity index (χ2n) is 6.19. The van der Waals surface area contributed by atoms with Crippen molar-refractivity contribution < 1.29 is 18.3 Å². The molecule has 3 rings (SSSR count). The monoisotopic (exact) mass is 415 g/mol. The van der Waals surface area contributed by atoms with Crippen LogP contribution in [0.3, 0.4) is 0 Å². The number of methoxy groups -OCH3 is 1. The van der Waals surface area contributed by atoms with E-state index < -0.39 is 16.9 Å². The number of carbonyl (C=O) groups excluding carboxylic acids is 1. The standard InChI is InChI=1S/C21H19F2N3O2S/c1-4-11-26-20(14-5-8-16(28-3)9-6-14)24-25-21(26)29-13(2)19(27)15-7-10-17(22)18(23)12-15/h4-10,12-13H,1,11H2,2-3H3/t13-/m1/s1. The highest BCUT2D eigenvalue weighted by Gasteiger charge is 2.22. The Hall–Kier alpha value is -3.00. The lowest BCUT2D eigenvalue weighted by Crippen LogP contribution is -2.15. The summed E-state index contributed by atoms with van der Waals surface area (Å²) in [6.45, 7) is 5.90. The highest BCUT2D eigenvalue weighted by atomic mass is 32.2. The number of allylic oxidation sites excluding steroid dienone is 1. The Kier molecular flexibility index (Phi) is 6.43. The molecule has 2 aromatic carbocycles. The molecule has 29 heavy (non-hydrogen) atoms. The van der Waals surface area contributed by atoms with Gasteiger partial charge < -0.3 is 4.74 Å². The predicted molar refractivity (Wildman–Crippen MR) is 108 cm³/mol. The third-order valence-electron chi connectivity index (χ3n) is 4.23. The largest absolute Gasteiger partial charge is 0.497 e. The van der Waals surface area contributed by atoms with Crippen LogP contribution in [0.5, 0.6) is 5.75 Å². The number of benzene rings is 2. The smallest absolute Gasteiger partial charge is 0.192 e. The topological polar surface area (TPSA) is 57.0 Å². The molecule has 0 bridgehead atoms. The van der Waals surface area contributed by atoms with Crippen LogP contribution in [0.4, 0.5) is 8.78 Å². The van der Waals surface area contributed by atoms with Crippen LogP contribution >= 0.6 is 11.8 Å². The number of aromatic nitrogens is 3. The number of ketones is 1. The first kappa shape index (κ1) is 20.7. The molecule has 0 radical (unpaired) electrons. The van der Waals surface area contributed by atoms with Gasteiger partial charge in [0.25, 0.3) is 0 Å². The van der Waals surface area contributed by atoms with Crippen LogP contribution in [0, 0.1) is 11.6 Å². The maximum Gasteiger partial charge on any atom is 0.192 e. The van der Waals surface area contributed by atoms with Crippen molar-refractivity contribution in [2.24, 2.45) is 0 Å². The van der Waals surface area contributed by atoms with Crippen LogP contribution in [-0.4, -0.2) is 32.9 Å². The first-order valence-corrected chi connectivity index (χ1v) is 9.67. The number of nitrogens with zero attached hydrogens (tertiary/aromatic N) is 3. The van der Waals surface area contributed by atoms with Crippen molar-refractivity contribution in [3.8, 4) is 17.1 Å². The average molecular weight is 415 g/mol. The SMILES string of the molecule is C=CCn1c(S[C@H](C)C(=O)c2ccc(F)c(F)c2)nnc1-c1ccc(OC)cc1. The summed E-state index contributed by atoms with van der Waals surface area (Å²) in [4.78, 5) is 12.6. The summed E-state index contributed by atoms with van der Waals surface area (Å²) < 4.78 is 33.6. The Morgan fingerprint density at radius 2 is 1.93 bits per heavy atom. The number of rotatable bonds is 8. The molecule has 0 aliphatic heterocycles. The van der Waals surface area contributed by atoms with E-state index in [0.29, 0.717) is 17.5 Å². The van der Waals surface area contributed by atoms with Gasteiger partial charge in [-0.1, -0.05) is 17.8 Å². The third kappa shape index (κ3) is 4.54. The molecule has 0 unspecified atom stereocenters. The maximum atomic E-state index is 13.5. The van der Waals surface area contributed by atoms with E-state index in [0.717, 1.165) is 23.4 Å². The van der Waals surface area contributed by atoms with Gasteiger partial charge in [-0.15, -0.1) is 16.8 Å². The van der Waals surface area contributed by atoms with E-state index in [1.54, 1.807) is 20.1 Å². The van der Waals surface area contributed by atoms with Gasteiger partial charge in [-0.2, -0.15) is 0 Å². The van der Waals surface area contributed by atoms with Crippen LogP contribution in [0.25, 0.3) is 11.4 Å². The molecule has 0 spiro atoms. The van der Waals surface area contributed by atoms with Crippen LogP contribution in [-0.2, 0) is 6.54 Å². The van der Waals surface area contributed by atoms with Gasteiger partial charge >= 0.3 is 0 Å². The normalized spacial score (nSPS) is 11.9. The van der Waals surface area contributed by atoms with E-state index in [1.807, 2.05) is 28.8 Å². The Morgan fingerprint density at radius 1 is 1.21 bits per heavy atom. The van der Waals surface area contributed by atoms with Gasteiger partial charge in [0.15, 0.2) is 28.4 Å². The van der Waals surface area contributed by atoms with Gasteiger partial charge in [0.2, 0.25) is 0 Å². The molecule has 3 aromatic rings. The maximum absolute atomic E-state index is 13.5. The van der Waals surface area contributed by atoms with E-state index in [4.69, 9.17) is 4.74 Å². The molecule has 0 amide bonds. The van der Waals surface area contributed by atoms with Crippen molar-refractivity contribution in [2.75, 3.05) is 7.11 Å². The Balaban J connectivity index is 1.86. The number of hydrogen-bond acceptors (Lipinski definition) is 5. The fourth-order valence-corrected chi connectivity index (χ4v) is 3.65. The molecule has 5 nitrogen and oxygen atoms in total. The van der Waals surface area contributed by atoms with Crippen LogP contribution in [0.15, 0.2) is 60.3 Å². The predicted octanol–water partition coefficient (Wildman–Crippen LogP) is 4.78. The highest BCUT2D eigenvalue weighted by molar-refractivity contribution is 8.00. The second-order valence-corrected chi connectivity index (χ2v) is 7.50. The number of thioether (sulfide) groups is 1. The fourth-order valence-electron chi connectivity index (χ4n) is 2.72. The number of halogens is 2. The Labute approximate surface area is 171 Å². The summed E-state index contributed by atoms with van der Waals surface area (Å²) >= 11 is 1.20. The van der Waals surface area contributed by atoms with Gasteiger partial charge in [-0.3, -0.25) is 9.36 Å². The van der Waals surface area contributed by atoms with Crippen LogP contribution < -0.4 is 4.74 Å². The molecule has 1 aromatic heterocycles. The molecule has 0 saturated carbocycles. The fraction of sp³-hybridized carbons (Fsp3) is 0.190. The van der Waals surface area contributed by atoms with Crippen molar-refractivity contribution >= 4 is 17.5 Å². The molecule has 0 saturated heterocycles. The first-order valence-electron chi connectivity index (χ1n) is 8.79. The third-order valence-corrected chi connectivity index (χ3v) is 5.31. The van der Waals surface area contributed by atoms with Gasteiger partial charge in [-0.25, -0.2) is 8.78 Å². The van der Waals surface area contributed by atoms with Crippen LogP contribution in [0.1, 0.15) is 17.3 Å². The van der Waals surface area contributed by atoms with Gasteiger partial charge in [0.05, 0.1) is 12.4 Å². The molecule has 1 heterocycles. The molecule has 8 heteroatoms. The molecule has 0 aliphatic rings. The van der Waals surface area contributed by atoms with Crippen molar-refractivity contribution in [3.63, 3.8) is 0 Å². The van der Waals surface area contributed by atoms with Crippen molar-refractivity contribution in [1.82, 2.24) is 14.8 Å². The number of Topliss-reactive ketones (excluding diaryl/α,β-unsaturated/α-hetero) is 1. The van der Waals surface area contributed by atoms with Crippen molar-refractivity contribution in [3.05, 3.63) is 72.3 Å². The highest BCUT2D eigenvalue weighted by Crippen LogP contribution is 2.29. The lowest BCUT2D eigenvalue weighted by atomic mass is 10.1. The lowest BCUT2D eigenvalue weighted by molar-refractivity contribution is 0.0993. The Bertz CT molecular complexity index is 1030. The summed E-state index contributed by atoms with van der Waals surface area (Å²) in [5.41, 5.74) is 0.945. The van der Waals surface area contributed by atoms with Crippen molar-refractivity contribution in [1.29, 1.82) is 0 Å². The van der Waals surface area contributed by atoms with E-state index >= 15 is 0 Å². The van der Waals surface area contributed by atoms with Gasteiger partial charge in [0, 0.05) is 17.7 Å². The second kappa shape index (κ2) is 9.00. The summed E-state index contributed by atoms with van der Waals surface area (Å²) in [6.07, 6.45) is 1.71. The molecular weight excluding hydrogens is 396 g/mol. The minimum absolute atomic E-state index is 0.106. The minimum Gasteiger partial charge on any atom is -0.497 e. The van der Waals surface area contributed by atoms with Crippen LogP contribution in [0.2, 0.25) is 0 Å². The zero-order chi connectivity index (χ0) is 21.0. The first-order chi connectivity index (χ1) is 13.9. The van der Waals surface area contributed by atoms with Gasteiger partial charge in [-0.05, 0) is 49.4 Å². The Morgan fingerprint density at radius 3 is 2.55 bits per heavy atom. The van der Waals surface area contributed by atoms with E-state index in [-0.39, 0.29) is 11.3 Å². The lowest BCUT2D eigenvalue weighted by Gasteiger charge is -2.12. The molecule has 0 N–H and O–H groups in total. The van der Waals surface area contributed by atoms with E-state index in [1.165, 1.54) is 17.8 Å². The molecular formula is C21H19F2N3O2S. The van der Waals surface area contributed by atoms with E-state index in [9.17, 15) is 13.6 Å². The molecule has 1 atom stereocenters.